The van der Waals surface area contributed by atoms with Crippen LogP contribution >= 0.6 is 0 Å². The lowest BCUT2D eigenvalue weighted by Crippen LogP contribution is -2.52. The van der Waals surface area contributed by atoms with Crippen molar-refractivity contribution in [3.63, 3.8) is 0 Å². The molecule has 220 valence electrons. The highest BCUT2D eigenvalue weighted by atomic mass is 32.2. The lowest BCUT2D eigenvalue weighted by atomic mass is 10.1. The van der Waals surface area contributed by atoms with Crippen LogP contribution in [0.1, 0.15) is 38.3 Å². The molecule has 0 bridgehead atoms. The van der Waals surface area contributed by atoms with Crippen LogP contribution in [0.4, 0.5) is 5.69 Å². The molecule has 3 aromatic carbocycles. The number of nitrogens with zero attached hydrogens (tertiary/aromatic N) is 2. The number of nitrogens with one attached hydrogen (secondary N) is 1. The quantitative estimate of drug-likeness (QED) is 0.318. The molecule has 2 unspecified atom stereocenters. The van der Waals surface area contributed by atoms with E-state index in [9.17, 15) is 18.0 Å². The number of benzene rings is 3. The summed E-state index contributed by atoms with van der Waals surface area (Å²) in [6, 6.07) is 19.2. The third-order valence-electron chi connectivity index (χ3n) is 6.90. The fourth-order valence-corrected chi connectivity index (χ4v) is 5.63. The number of sulfonamides is 1. The highest BCUT2D eigenvalue weighted by Gasteiger charge is 2.34. The Kier molecular flexibility index (Phi) is 10.8. The molecule has 0 saturated carbocycles. The minimum Gasteiger partial charge on any atom is -0.497 e. The Hall–Kier alpha value is -4.05. The van der Waals surface area contributed by atoms with Gasteiger partial charge in [-0.05, 0) is 69.2 Å². The number of ether oxygens (including phenoxy) is 2. The second-order valence-corrected chi connectivity index (χ2v) is 11.7. The van der Waals surface area contributed by atoms with E-state index < -0.39 is 28.5 Å². The zero-order valence-electron chi connectivity index (χ0n) is 24.5. The minimum atomic E-state index is -4.20. The summed E-state index contributed by atoms with van der Waals surface area (Å²) in [5.41, 5.74) is 1.84. The van der Waals surface area contributed by atoms with Gasteiger partial charge in [-0.1, -0.05) is 48.9 Å². The van der Waals surface area contributed by atoms with Crippen molar-refractivity contribution >= 4 is 27.5 Å². The summed E-state index contributed by atoms with van der Waals surface area (Å²) >= 11 is 0. The smallest absolute Gasteiger partial charge is 0.264 e. The van der Waals surface area contributed by atoms with Gasteiger partial charge in [0, 0.05) is 12.6 Å². The Balaban J connectivity index is 2.07. The van der Waals surface area contributed by atoms with Gasteiger partial charge < -0.3 is 19.7 Å². The molecule has 0 aromatic heterocycles. The maximum atomic E-state index is 14.1. The molecule has 0 aliphatic heterocycles. The van der Waals surface area contributed by atoms with Crippen molar-refractivity contribution in [3.05, 3.63) is 83.9 Å². The number of carbonyl (C=O) groups excluding carboxylic acids is 2. The van der Waals surface area contributed by atoms with Crippen LogP contribution < -0.4 is 19.1 Å². The van der Waals surface area contributed by atoms with E-state index in [-0.39, 0.29) is 34.8 Å². The predicted octanol–water partition coefficient (Wildman–Crippen LogP) is 4.54. The molecule has 0 aliphatic carbocycles. The summed E-state index contributed by atoms with van der Waals surface area (Å²) in [5.74, 6) is 0.00384. The molecule has 0 heterocycles. The van der Waals surface area contributed by atoms with Crippen LogP contribution in [0.5, 0.6) is 11.5 Å². The molecule has 0 spiro atoms. The van der Waals surface area contributed by atoms with Crippen LogP contribution in [-0.4, -0.2) is 58.0 Å². The molecule has 10 heteroatoms. The van der Waals surface area contributed by atoms with Crippen molar-refractivity contribution in [2.45, 2.75) is 57.6 Å². The number of aryl methyl sites for hydroxylation is 1. The van der Waals surface area contributed by atoms with E-state index in [1.807, 2.05) is 26.8 Å². The first kappa shape index (κ1) is 31.5. The molecule has 3 aromatic rings. The maximum absolute atomic E-state index is 14.1. The van der Waals surface area contributed by atoms with E-state index in [1.165, 1.54) is 24.1 Å². The standard InChI is InChI=1S/C31H39N3O6S/c1-7-23(3)32-31(36)24(4)33(20-25-11-10-12-26(19-25)39-5)30(35)21-34(28-13-8-9-14-29(28)40-6)41(37,38)27-17-15-22(2)16-18-27/h8-19,23-24H,7,20-21H2,1-6H3,(H,32,36). The molecule has 2 amide bonds. The number of rotatable bonds is 13. The van der Waals surface area contributed by atoms with Crippen LogP contribution in [0.2, 0.25) is 0 Å². The van der Waals surface area contributed by atoms with Crippen molar-refractivity contribution in [2.75, 3.05) is 25.1 Å². The zero-order valence-corrected chi connectivity index (χ0v) is 25.3. The Morgan fingerprint density at radius 2 is 1.61 bits per heavy atom. The molecule has 2 atom stereocenters. The Morgan fingerprint density at radius 1 is 0.927 bits per heavy atom. The van der Waals surface area contributed by atoms with Gasteiger partial charge in [-0.3, -0.25) is 13.9 Å². The van der Waals surface area contributed by atoms with Gasteiger partial charge in [0.25, 0.3) is 10.0 Å². The predicted molar refractivity (Wildman–Crippen MR) is 160 cm³/mol. The lowest BCUT2D eigenvalue weighted by molar-refractivity contribution is -0.139. The Morgan fingerprint density at radius 3 is 2.24 bits per heavy atom. The number of methoxy groups -OCH3 is 2. The van der Waals surface area contributed by atoms with Crippen molar-refractivity contribution < 1.29 is 27.5 Å². The van der Waals surface area contributed by atoms with E-state index in [1.54, 1.807) is 68.6 Å². The third kappa shape index (κ3) is 7.79. The lowest BCUT2D eigenvalue weighted by Gasteiger charge is -2.32. The molecule has 41 heavy (non-hydrogen) atoms. The fourth-order valence-electron chi connectivity index (χ4n) is 4.20. The summed E-state index contributed by atoms with van der Waals surface area (Å²) in [6.07, 6.45) is 0.721. The van der Waals surface area contributed by atoms with Crippen LogP contribution in [0, 0.1) is 6.92 Å². The van der Waals surface area contributed by atoms with Crippen LogP contribution in [0.3, 0.4) is 0 Å². The van der Waals surface area contributed by atoms with E-state index >= 15 is 0 Å². The van der Waals surface area contributed by atoms with Gasteiger partial charge in [-0.25, -0.2) is 8.42 Å². The van der Waals surface area contributed by atoms with Crippen molar-refractivity contribution in [1.82, 2.24) is 10.2 Å². The average molecular weight is 582 g/mol. The van der Waals surface area contributed by atoms with Gasteiger partial charge in [-0.15, -0.1) is 0 Å². The van der Waals surface area contributed by atoms with Crippen LogP contribution in [0.25, 0.3) is 0 Å². The molecular weight excluding hydrogens is 542 g/mol. The first-order valence-electron chi connectivity index (χ1n) is 13.5. The van der Waals surface area contributed by atoms with E-state index in [0.717, 1.165) is 21.9 Å². The van der Waals surface area contributed by atoms with E-state index in [2.05, 4.69) is 5.32 Å². The summed E-state index contributed by atoms with van der Waals surface area (Å²) in [4.78, 5) is 28.7. The molecule has 0 radical (unpaired) electrons. The van der Waals surface area contributed by atoms with Gasteiger partial charge in [-0.2, -0.15) is 0 Å². The number of hydrogen-bond acceptors (Lipinski definition) is 6. The van der Waals surface area contributed by atoms with Crippen molar-refractivity contribution in [3.8, 4) is 11.5 Å². The summed E-state index contributed by atoms with van der Waals surface area (Å²) in [5, 5.41) is 2.93. The largest absolute Gasteiger partial charge is 0.497 e. The first-order valence-corrected chi connectivity index (χ1v) is 14.9. The Bertz CT molecular complexity index is 1440. The van der Waals surface area contributed by atoms with Crippen LogP contribution in [0.15, 0.2) is 77.7 Å². The number of para-hydroxylation sites is 2. The average Bonchev–Trinajstić information content (AvgIpc) is 2.98. The van der Waals surface area contributed by atoms with Gasteiger partial charge >= 0.3 is 0 Å². The number of hydrogen-bond donors (Lipinski definition) is 1. The molecule has 0 fully saturated rings. The molecule has 0 aliphatic rings. The van der Waals surface area contributed by atoms with Gasteiger partial charge in [0.2, 0.25) is 11.8 Å². The summed E-state index contributed by atoms with van der Waals surface area (Å²) in [6.45, 7) is 6.85. The molecule has 9 nitrogen and oxygen atoms in total. The number of carbonyl (C=O) groups is 2. The highest BCUT2D eigenvalue weighted by molar-refractivity contribution is 7.92. The molecular formula is C31H39N3O6S. The second-order valence-electron chi connectivity index (χ2n) is 9.86. The maximum Gasteiger partial charge on any atom is 0.264 e. The van der Waals surface area contributed by atoms with E-state index in [4.69, 9.17) is 9.47 Å². The molecule has 1 N–H and O–H groups in total. The first-order chi connectivity index (χ1) is 19.5. The topological polar surface area (TPSA) is 105 Å². The second kappa shape index (κ2) is 14.0. The molecule has 0 saturated heterocycles. The number of amides is 2. The minimum absolute atomic E-state index is 0.0312. The summed E-state index contributed by atoms with van der Waals surface area (Å²) in [7, 11) is -1.21. The SMILES string of the molecule is CCC(C)NC(=O)C(C)N(Cc1cccc(OC)c1)C(=O)CN(c1ccccc1OC)S(=O)(=O)c1ccc(C)cc1. The monoisotopic (exact) mass is 581 g/mol. The van der Waals surface area contributed by atoms with Crippen molar-refractivity contribution in [2.24, 2.45) is 0 Å². The van der Waals surface area contributed by atoms with Crippen LogP contribution in [-0.2, 0) is 26.2 Å². The fraction of sp³-hybridized carbons (Fsp3) is 0.355. The number of anilines is 1. The third-order valence-corrected chi connectivity index (χ3v) is 8.67. The Labute approximate surface area is 243 Å². The zero-order chi connectivity index (χ0) is 30.2. The highest BCUT2D eigenvalue weighted by Crippen LogP contribution is 2.32. The normalized spacial score (nSPS) is 12.6. The van der Waals surface area contributed by atoms with Crippen molar-refractivity contribution in [1.29, 1.82) is 0 Å². The van der Waals surface area contributed by atoms with E-state index in [0.29, 0.717) is 5.75 Å². The summed E-state index contributed by atoms with van der Waals surface area (Å²) < 4.78 is 39.9. The molecule has 3 rings (SSSR count). The van der Waals surface area contributed by atoms with Gasteiger partial charge in [0.1, 0.15) is 24.1 Å². The van der Waals surface area contributed by atoms with Gasteiger partial charge in [0.15, 0.2) is 0 Å². The van der Waals surface area contributed by atoms with Gasteiger partial charge in [0.05, 0.1) is 24.8 Å².